The van der Waals surface area contributed by atoms with Gasteiger partial charge in [0.2, 0.25) is 0 Å². The van der Waals surface area contributed by atoms with Crippen LogP contribution in [0.15, 0.2) is 22.7 Å². The summed E-state index contributed by atoms with van der Waals surface area (Å²) < 4.78 is 7.12. The average Bonchev–Trinajstić information content (AvgIpc) is 3.18. The summed E-state index contributed by atoms with van der Waals surface area (Å²) in [5.74, 6) is 1.07. The largest absolute Gasteiger partial charge is 0.490 e. The van der Waals surface area contributed by atoms with Crippen molar-refractivity contribution in [3.8, 4) is 5.75 Å². The molecule has 1 saturated heterocycles. The second kappa shape index (κ2) is 5.59. The molecule has 3 nitrogen and oxygen atoms in total. The van der Waals surface area contributed by atoms with Crippen LogP contribution < -0.4 is 10.1 Å². The predicted octanol–water partition coefficient (Wildman–Crippen LogP) is 2.40. The molecule has 3 rings (SSSR count). The lowest BCUT2D eigenvalue weighted by molar-refractivity contribution is 0.226. The lowest BCUT2D eigenvalue weighted by atomic mass is 10.1. The summed E-state index contributed by atoms with van der Waals surface area (Å²) >= 11 is 3.56. The smallest absolute Gasteiger partial charge is 0.124 e. The molecule has 1 aromatic carbocycles. The normalized spacial score (nSPS) is 20.9. The molecule has 0 spiro atoms. The Bertz CT molecular complexity index is 414. The minimum Gasteiger partial charge on any atom is -0.490 e. The van der Waals surface area contributed by atoms with Gasteiger partial charge in [-0.15, -0.1) is 0 Å². The van der Waals surface area contributed by atoms with Crippen molar-refractivity contribution in [2.45, 2.75) is 25.5 Å². The van der Waals surface area contributed by atoms with E-state index in [1.54, 1.807) is 0 Å². The topological polar surface area (TPSA) is 24.5 Å². The maximum atomic E-state index is 5.99. The summed E-state index contributed by atoms with van der Waals surface area (Å²) in [4.78, 5) is 2.48. The Kier molecular flexibility index (Phi) is 3.87. The fourth-order valence-corrected chi connectivity index (χ4v) is 2.67. The van der Waals surface area contributed by atoms with Crippen LogP contribution in [0.1, 0.15) is 18.4 Å². The summed E-state index contributed by atoms with van der Waals surface area (Å²) in [5.41, 5.74) is 1.30. The van der Waals surface area contributed by atoms with Gasteiger partial charge < -0.3 is 10.1 Å². The van der Waals surface area contributed by atoms with Crippen molar-refractivity contribution in [1.82, 2.24) is 10.2 Å². The van der Waals surface area contributed by atoms with Crippen LogP contribution in [0, 0.1) is 0 Å². The molecule has 0 radical (unpaired) electrons. The standard InChI is InChI=1S/C14H19BrN2O/c15-12-1-4-14(18-13-2-3-13)11(9-12)10-17-7-5-16-6-8-17/h1,4,9,13,16H,2-3,5-8,10H2. The van der Waals surface area contributed by atoms with Gasteiger partial charge in [0.1, 0.15) is 5.75 Å². The minimum absolute atomic E-state index is 0.466. The lowest BCUT2D eigenvalue weighted by Gasteiger charge is -2.28. The van der Waals surface area contributed by atoms with Gasteiger partial charge in [0.15, 0.2) is 0 Å². The second-order valence-corrected chi connectivity index (χ2v) is 6.01. The molecule has 2 fully saturated rings. The fraction of sp³-hybridized carbons (Fsp3) is 0.571. The molecule has 1 N–H and O–H groups in total. The highest BCUT2D eigenvalue weighted by atomic mass is 79.9. The number of benzene rings is 1. The van der Waals surface area contributed by atoms with Gasteiger partial charge in [0.05, 0.1) is 6.10 Å². The van der Waals surface area contributed by atoms with Crippen LogP contribution in [0.4, 0.5) is 0 Å². The van der Waals surface area contributed by atoms with E-state index in [1.807, 2.05) is 0 Å². The Hall–Kier alpha value is -0.580. The van der Waals surface area contributed by atoms with Crippen LogP contribution in [-0.4, -0.2) is 37.2 Å². The molecule has 2 aliphatic rings. The van der Waals surface area contributed by atoms with Crippen LogP contribution in [0.25, 0.3) is 0 Å². The SMILES string of the molecule is Brc1ccc(OC2CC2)c(CN2CCNCC2)c1. The molecule has 0 amide bonds. The highest BCUT2D eigenvalue weighted by molar-refractivity contribution is 9.10. The van der Waals surface area contributed by atoms with Gasteiger partial charge in [0.25, 0.3) is 0 Å². The molecule has 98 valence electrons. The molecular formula is C14H19BrN2O. The zero-order chi connectivity index (χ0) is 12.4. The van der Waals surface area contributed by atoms with E-state index >= 15 is 0 Å². The van der Waals surface area contributed by atoms with Gasteiger partial charge >= 0.3 is 0 Å². The monoisotopic (exact) mass is 310 g/mol. The maximum Gasteiger partial charge on any atom is 0.124 e. The van der Waals surface area contributed by atoms with Crippen molar-refractivity contribution in [2.75, 3.05) is 26.2 Å². The van der Waals surface area contributed by atoms with Crippen molar-refractivity contribution < 1.29 is 4.74 Å². The third-order valence-corrected chi connectivity index (χ3v) is 3.94. The minimum atomic E-state index is 0.466. The number of ether oxygens (including phenoxy) is 1. The fourth-order valence-electron chi connectivity index (χ4n) is 2.26. The van der Waals surface area contributed by atoms with E-state index < -0.39 is 0 Å². The first-order valence-corrected chi connectivity index (χ1v) is 7.49. The number of rotatable bonds is 4. The number of nitrogens with one attached hydrogen (secondary N) is 1. The van der Waals surface area contributed by atoms with Gasteiger partial charge in [0, 0.05) is 42.8 Å². The Morgan fingerprint density at radius 1 is 1.28 bits per heavy atom. The van der Waals surface area contributed by atoms with E-state index in [0.717, 1.165) is 42.9 Å². The van der Waals surface area contributed by atoms with Crippen molar-refractivity contribution in [3.05, 3.63) is 28.2 Å². The van der Waals surface area contributed by atoms with E-state index in [2.05, 4.69) is 44.3 Å². The quantitative estimate of drug-likeness (QED) is 0.924. The zero-order valence-electron chi connectivity index (χ0n) is 10.5. The van der Waals surface area contributed by atoms with Crippen LogP contribution in [0.3, 0.4) is 0 Å². The second-order valence-electron chi connectivity index (χ2n) is 5.10. The van der Waals surface area contributed by atoms with Crippen molar-refractivity contribution >= 4 is 15.9 Å². The lowest BCUT2D eigenvalue weighted by Crippen LogP contribution is -2.42. The molecule has 18 heavy (non-hydrogen) atoms. The number of halogens is 1. The summed E-state index contributed by atoms with van der Waals surface area (Å²) in [6.45, 7) is 5.41. The average molecular weight is 311 g/mol. The molecule has 1 aromatic rings. The van der Waals surface area contributed by atoms with Gasteiger partial charge in [-0.05, 0) is 31.0 Å². The molecule has 0 atom stereocenters. The zero-order valence-corrected chi connectivity index (χ0v) is 12.1. The predicted molar refractivity (Wildman–Crippen MR) is 75.9 cm³/mol. The number of piperazine rings is 1. The van der Waals surface area contributed by atoms with Crippen molar-refractivity contribution in [2.24, 2.45) is 0 Å². The molecular weight excluding hydrogens is 292 g/mol. The Labute approximate surface area is 117 Å². The number of nitrogens with zero attached hydrogens (tertiary/aromatic N) is 1. The van der Waals surface area contributed by atoms with Gasteiger partial charge in [-0.3, -0.25) is 4.90 Å². The molecule has 1 aliphatic heterocycles. The van der Waals surface area contributed by atoms with Crippen LogP contribution in [-0.2, 0) is 6.54 Å². The Morgan fingerprint density at radius 3 is 2.78 bits per heavy atom. The Balaban J connectivity index is 1.72. The van der Waals surface area contributed by atoms with Crippen molar-refractivity contribution in [1.29, 1.82) is 0 Å². The summed E-state index contributed by atoms with van der Waals surface area (Å²) in [5, 5.41) is 3.39. The van der Waals surface area contributed by atoms with E-state index in [1.165, 1.54) is 18.4 Å². The summed E-state index contributed by atoms with van der Waals surface area (Å²) in [6, 6.07) is 6.36. The van der Waals surface area contributed by atoms with E-state index in [0.29, 0.717) is 6.10 Å². The first-order valence-electron chi connectivity index (χ1n) is 6.69. The van der Waals surface area contributed by atoms with Gasteiger partial charge in [-0.1, -0.05) is 15.9 Å². The van der Waals surface area contributed by atoms with E-state index in [9.17, 15) is 0 Å². The highest BCUT2D eigenvalue weighted by Crippen LogP contribution is 2.31. The molecule has 4 heteroatoms. The van der Waals surface area contributed by atoms with Crippen molar-refractivity contribution in [3.63, 3.8) is 0 Å². The van der Waals surface area contributed by atoms with Crippen LogP contribution in [0.5, 0.6) is 5.75 Å². The molecule has 0 unspecified atom stereocenters. The molecule has 0 bridgehead atoms. The third-order valence-electron chi connectivity index (χ3n) is 3.44. The molecule has 1 heterocycles. The first-order chi connectivity index (χ1) is 8.81. The van der Waals surface area contributed by atoms with Crippen LogP contribution >= 0.6 is 15.9 Å². The first kappa shape index (κ1) is 12.5. The number of hydrogen-bond acceptors (Lipinski definition) is 3. The van der Waals surface area contributed by atoms with E-state index in [-0.39, 0.29) is 0 Å². The number of hydrogen-bond donors (Lipinski definition) is 1. The summed E-state index contributed by atoms with van der Waals surface area (Å²) in [7, 11) is 0. The Morgan fingerprint density at radius 2 is 2.06 bits per heavy atom. The highest BCUT2D eigenvalue weighted by Gasteiger charge is 2.25. The summed E-state index contributed by atoms with van der Waals surface area (Å²) in [6.07, 6.45) is 2.89. The molecule has 0 aromatic heterocycles. The molecule has 1 saturated carbocycles. The van der Waals surface area contributed by atoms with E-state index in [4.69, 9.17) is 4.74 Å². The van der Waals surface area contributed by atoms with Gasteiger partial charge in [-0.2, -0.15) is 0 Å². The third kappa shape index (κ3) is 3.25. The molecule has 1 aliphatic carbocycles. The maximum absolute atomic E-state index is 5.99. The van der Waals surface area contributed by atoms with Crippen LogP contribution in [0.2, 0.25) is 0 Å². The van der Waals surface area contributed by atoms with Gasteiger partial charge in [-0.25, -0.2) is 0 Å².